The molecule has 0 bridgehead atoms. The van der Waals surface area contributed by atoms with Crippen molar-refractivity contribution in [3.63, 3.8) is 0 Å². The Labute approximate surface area is 122 Å². The minimum Gasteiger partial charge on any atom is -0.336 e. The topological polar surface area (TPSA) is 20.3 Å². The highest BCUT2D eigenvalue weighted by Gasteiger charge is 2.30. The summed E-state index contributed by atoms with van der Waals surface area (Å²) in [7, 11) is 0. The maximum absolute atomic E-state index is 13.8. The molecule has 1 atom stereocenters. The number of halogens is 2. The Hall–Kier alpha value is -0.900. The Balaban J connectivity index is 2.16. The fraction of sp³-hybridized carbons (Fsp3) is 0.533. The lowest BCUT2D eigenvalue weighted by Gasteiger charge is -2.25. The number of likely N-dealkylation sites (tertiary alicyclic amines) is 1. The number of nitrogens with zero attached hydrogens (tertiary/aromatic N) is 1. The molecule has 2 nitrogen and oxygen atoms in total. The first-order valence-corrected chi connectivity index (χ1v) is 7.88. The fourth-order valence-corrected chi connectivity index (χ4v) is 3.00. The van der Waals surface area contributed by atoms with Crippen molar-refractivity contribution in [2.75, 3.05) is 11.9 Å². The summed E-state index contributed by atoms with van der Waals surface area (Å²) >= 11 is 3.42. The van der Waals surface area contributed by atoms with Crippen molar-refractivity contribution in [3.8, 4) is 0 Å². The normalized spacial score (nSPS) is 18.9. The number of amides is 1. The second kappa shape index (κ2) is 6.51. The van der Waals surface area contributed by atoms with Gasteiger partial charge in [0.1, 0.15) is 5.82 Å². The van der Waals surface area contributed by atoms with Crippen LogP contribution in [0.2, 0.25) is 0 Å². The highest BCUT2D eigenvalue weighted by atomic mass is 79.9. The van der Waals surface area contributed by atoms with E-state index in [1.165, 1.54) is 6.07 Å². The first kappa shape index (κ1) is 14.5. The molecule has 1 unspecified atom stereocenters. The van der Waals surface area contributed by atoms with E-state index in [4.69, 9.17) is 0 Å². The summed E-state index contributed by atoms with van der Waals surface area (Å²) in [5.41, 5.74) is 1.13. The van der Waals surface area contributed by atoms with E-state index >= 15 is 0 Å². The summed E-state index contributed by atoms with van der Waals surface area (Å²) < 4.78 is 13.8. The predicted molar refractivity (Wildman–Crippen MR) is 78.2 cm³/mol. The van der Waals surface area contributed by atoms with Crippen LogP contribution in [0.25, 0.3) is 0 Å². The van der Waals surface area contributed by atoms with Gasteiger partial charge in [-0.2, -0.15) is 0 Å². The van der Waals surface area contributed by atoms with Gasteiger partial charge in [-0.3, -0.25) is 4.79 Å². The van der Waals surface area contributed by atoms with Crippen molar-refractivity contribution in [2.45, 2.75) is 38.6 Å². The van der Waals surface area contributed by atoms with Crippen molar-refractivity contribution >= 4 is 21.8 Å². The van der Waals surface area contributed by atoms with Crippen LogP contribution >= 0.6 is 15.9 Å². The molecule has 1 aromatic carbocycles. The fourth-order valence-electron chi connectivity index (χ4n) is 2.67. The minimum absolute atomic E-state index is 0.154. The zero-order valence-corrected chi connectivity index (χ0v) is 12.7. The number of aryl methyl sites for hydroxylation is 1. The van der Waals surface area contributed by atoms with Crippen molar-refractivity contribution in [2.24, 2.45) is 0 Å². The quantitative estimate of drug-likeness (QED) is 0.768. The van der Waals surface area contributed by atoms with Gasteiger partial charge in [0.05, 0.1) is 5.56 Å². The molecule has 4 heteroatoms. The molecule has 19 heavy (non-hydrogen) atoms. The molecular formula is C15H19BrFNO. The van der Waals surface area contributed by atoms with E-state index in [0.29, 0.717) is 0 Å². The average Bonchev–Trinajstić information content (AvgIpc) is 2.86. The van der Waals surface area contributed by atoms with Crippen LogP contribution in [0.3, 0.4) is 0 Å². The Morgan fingerprint density at radius 3 is 3.05 bits per heavy atom. The number of rotatable bonds is 4. The second-order valence-corrected chi connectivity index (χ2v) is 5.90. The van der Waals surface area contributed by atoms with Gasteiger partial charge >= 0.3 is 0 Å². The van der Waals surface area contributed by atoms with Gasteiger partial charge in [0.2, 0.25) is 0 Å². The van der Waals surface area contributed by atoms with Gasteiger partial charge in [0.15, 0.2) is 0 Å². The summed E-state index contributed by atoms with van der Waals surface area (Å²) in [6.45, 7) is 2.63. The molecule has 2 rings (SSSR count). The molecule has 104 valence electrons. The highest BCUT2D eigenvalue weighted by molar-refractivity contribution is 9.09. The van der Waals surface area contributed by atoms with E-state index < -0.39 is 5.82 Å². The second-order valence-electron chi connectivity index (χ2n) is 5.11. The molecule has 0 spiro atoms. The summed E-state index contributed by atoms with van der Waals surface area (Å²) in [6, 6.07) is 4.99. The first-order valence-electron chi connectivity index (χ1n) is 6.76. The van der Waals surface area contributed by atoms with Crippen molar-refractivity contribution in [1.82, 2.24) is 4.90 Å². The largest absolute Gasteiger partial charge is 0.336 e. The van der Waals surface area contributed by atoms with Crippen LogP contribution in [0.15, 0.2) is 18.2 Å². The van der Waals surface area contributed by atoms with Crippen molar-refractivity contribution < 1.29 is 9.18 Å². The van der Waals surface area contributed by atoms with Gasteiger partial charge < -0.3 is 4.90 Å². The van der Waals surface area contributed by atoms with Crippen LogP contribution in [-0.2, 0) is 0 Å². The smallest absolute Gasteiger partial charge is 0.257 e. The molecule has 1 amide bonds. The van der Waals surface area contributed by atoms with Gasteiger partial charge in [-0.15, -0.1) is 0 Å². The molecule has 1 heterocycles. The summed E-state index contributed by atoms with van der Waals surface area (Å²) in [6.07, 6.45) is 4.09. The SMILES string of the molecule is Cc1ccc(F)c(C(=O)N2CCCC2CCCBr)c1. The highest BCUT2D eigenvalue weighted by Crippen LogP contribution is 2.25. The predicted octanol–water partition coefficient (Wildman–Crippen LogP) is 3.91. The van der Waals surface area contributed by atoms with E-state index in [1.807, 2.05) is 11.8 Å². The number of benzene rings is 1. The summed E-state index contributed by atoms with van der Waals surface area (Å²) in [5, 5.41) is 0.949. The van der Waals surface area contributed by atoms with Gasteiger partial charge in [-0.05, 0) is 44.7 Å². The Bertz CT molecular complexity index is 463. The van der Waals surface area contributed by atoms with Gasteiger partial charge in [0, 0.05) is 17.9 Å². The molecule has 0 N–H and O–H groups in total. The molecule has 0 aliphatic carbocycles. The third kappa shape index (κ3) is 3.35. The van der Waals surface area contributed by atoms with Crippen LogP contribution in [0.4, 0.5) is 4.39 Å². The monoisotopic (exact) mass is 327 g/mol. The Morgan fingerprint density at radius 2 is 2.32 bits per heavy atom. The van der Waals surface area contributed by atoms with Crippen LogP contribution < -0.4 is 0 Å². The molecule has 0 aromatic heterocycles. The zero-order chi connectivity index (χ0) is 13.8. The summed E-state index contributed by atoms with van der Waals surface area (Å²) in [5.74, 6) is -0.569. The zero-order valence-electron chi connectivity index (χ0n) is 11.2. The third-order valence-corrected chi connectivity index (χ3v) is 4.22. The van der Waals surface area contributed by atoms with Gasteiger partial charge in [-0.1, -0.05) is 27.6 Å². The van der Waals surface area contributed by atoms with Gasteiger partial charge in [-0.25, -0.2) is 4.39 Å². The number of carbonyl (C=O) groups excluding carboxylic acids is 1. The molecule has 1 aromatic rings. The maximum atomic E-state index is 13.8. The first-order chi connectivity index (χ1) is 9.13. The van der Waals surface area contributed by atoms with E-state index in [9.17, 15) is 9.18 Å². The van der Waals surface area contributed by atoms with E-state index in [0.717, 1.165) is 43.1 Å². The Morgan fingerprint density at radius 1 is 1.53 bits per heavy atom. The maximum Gasteiger partial charge on any atom is 0.257 e. The van der Waals surface area contributed by atoms with Crippen LogP contribution in [0, 0.1) is 12.7 Å². The number of hydrogen-bond donors (Lipinski definition) is 0. The average molecular weight is 328 g/mol. The van der Waals surface area contributed by atoms with E-state index in [-0.39, 0.29) is 17.5 Å². The lowest BCUT2D eigenvalue weighted by Crippen LogP contribution is -2.36. The minimum atomic E-state index is -0.415. The van der Waals surface area contributed by atoms with Gasteiger partial charge in [0.25, 0.3) is 5.91 Å². The van der Waals surface area contributed by atoms with Crippen LogP contribution in [0.5, 0.6) is 0 Å². The molecule has 1 aliphatic rings. The van der Waals surface area contributed by atoms with E-state index in [1.54, 1.807) is 12.1 Å². The number of carbonyl (C=O) groups is 1. The van der Waals surface area contributed by atoms with Crippen molar-refractivity contribution in [1.29, 1.82) is 0 Å². The summed E-state index contributed by atoms with van der Waals surface area (Å²) in [4.78, 5) is 14.3. The van der Waals surface area contributed by atoms with Crippen molar-refractivity contribution in [3.05, 3.63) is 35.1 Å². The standard InChI is InChI=1S/C15H19BrFNO/c1-11-6-7-14(17)13(10-11)15(19)18-9-3-5-12(18)4-2-8-16/h6-7,10,12H,2-5,8-9H2,1H3. The molecule has 1 aliphatic heterocycles. The molecular weight excluding hydrogens is 309 g/mol. The van der Waals surface area contributed by atoms with Crippen LogP contribution in [0.1, 0.15) is 41.6 Å². The van der Waals surface area contributed by atoms with E-state index in [2.05, 4.69) is 15.9 Å². The molecule has 1 saturated heterocycles. The number of alkyl halides is 1. The molecule has 0 radical (unpaired) electrons. The Kier molecular flexibility index (Phi) is 4.97. The molecule has 1 fully saturated rings. The lowest BCUT2D eigenvalue weighted by atomic mass is 10.1. The van der Waals surface area contributed by atoms with Crippen LogP contribution in [-0.4, -0.2) is 28.7 Å². The lowest BCUT2D eigenvalue weighted by molar-refractivity contribution is 0.0725. The number of hydrogen-bond acceptors (Lipinski definition) is 1. The molecule has 0 saturated carbocycles. The third-order valence-electron chi connectivity index (χ3n) is 3.66.